The first-order valence-electron chi connectivity index (χ1n) is 6.00. The van der Waals surface area contributed by atoms with Crippen molar-refractivity contribution in [1.82, 2.24) is 5.32 Å². The second-order valence-electron chi connectivity index (χ2n) is 6.00. The molecule has 88 valence electrons. The molecule has 2 heteroatoms. The largest absolute Gasteiger partial charge is 0.380 e. The first-order chi connectivity index (χ1) is 7.39. The highest BCUT2D eigenvalue weighted by molar-refractivity contribution is 5.45. The molecular formula is C14H22N2. The summed E-state index contributed by atoms with van der Waals surface area (Å²) in [4.78, 5) is 0. The molecule has 1 aliphatic heterocycles. The maximum Gasteiger partial charge on any atom is 0.0455 e. The monoisotopic (exact) mass is 218 g/mol. The Kier molecular flexibility index (Phi) is 2.70. The minimum atomic E-state index is 0.138. The normalized spacial score (nSPS) is 26.6. The van der Waals surface area contributed by atoms with Crippen LogP contribution in [-0.4, -0.2) is 17.1 Å². The van der Waals surface area contributed by atoms with Gasteiger partial charge in [-0.15, -0.1) is 0 Å². The van der Waals surface area contributed by atoms with Gasteiger partial charge >= 0.3 is 0 Å². The summed E-state index contributed by atoms with van der Waals surface area (Å²) in [5, 5.41) is 7.30. The smallest absolute Gasteiger partial charge is 0.0455 e. The van der Waals surface area contributed by atoms with Crippen molar-refractivity contribution in [3.05, 3.63) is 30.3 Å². The molecule has 0 radical (unpaired) electrons. The molecule has 0 spiro atoms. The number of benzene rings is 1. The molecule has 0 saturated carbocycles. The van der Waals surface area contributed by atoms with Crippen molar-refractivity contribution in [3.8, 4) is 0 Å². The average Bonchev–Trinajstić information content (AvgIpc) is 2.36. The third-order valence-electron chi connectivity index (χ3n) is 3.36. The molecule has 0 bridgehead atoms. The molecule has 1 atom stereocenters. The summed E-state index contributed by atoms with van der Waals surface area (Å²) in [5.74, 6) is 0. The Bertz CT molecular complexity index is 354. The van der Waals surface area contributed by atoms with Gasteiger partial charge in [-0.05, 0) is 46.2 Å². The first-order valence-corrected chi connectivity index (χ1v) is 6.00. The van der Waals surface area contributed by atoms with E-state index in [1.807, 2.05) is 6.07 Å². The molecule has 1 aromatic carbocycles. The number of para-hydroxylation sites is 1. The lowest BCUT2D eigenvalue weighted by atomic mass is 9.94. The molecule has 16 heavy (non-hydrogen) atoms. The van der Waals surface area contributed by atoms with Crippen molar-refractivity contribution in [2.45, 2.75) is 51.2 Å². The molecule has 0 amide bonds. The third-order valence-corrected chi connectivity index (χ3v) is 3.36. The van der Waals surface area contributed by atoms with Crippen molar-refractivity contribution < 1.29 is 0 Å². The van der Waals surface area contributed by atoms with Gasteiger partial charge in [0.25, 0.3) is 0 Å². The summed E-state index contributed by atoms with van der Waals surface area (Å²) < 4.78 is 0. The van der Waals surface area contributed by atoms with E-state index in [-0.39, 0.29) is 11.1 Å². The molecular weight excluding hydrogens is 196 g/mol. The molecule has 1 aliphatic rings. The fourth-order valence-corrected chi connectivity index (χ4v) is 2.74. The van der Waals surface area contributed by atoms with Gasteiger partial charge in [-0.3, -0.25) is 0 Å². The second-order valence-corrected chi connectivity index (χ2v) is 6.00. The van der Waals surface area contributed by atoms with Gasteiger partial charge in [0.1, 0.15) is 0 Å². The van der Waals surface area contributed by atoms with Gasteiger partial charge in [-0.1, -0.05) is 18.2 Å². The first kappa shape index (κ1) is 11.5. The zero-order chi connectivity index (χ0) is 11.8. The summed E-state index contributed by atoms with van der Waals surface area (Å²) in [7, 11) is 0. The molecule has 2 N–H and O–H groups in total. The molecule has 1 aromatic rings. The Labute approximate surface area is 98.4 Å². The molecule has 1 heterocycles. The number of anilines is 1. The summed E-state index contributed by atoms with van der Waals surface area (Å²) in [6.45, 7) is 9.06. The van der Waals surface area contributed by atoms with E-state index in [0.29, 0.717) is 6.04 Å². The van der Waals surface area contributed by atoms with Crippen LogP contribution in [0.3, 0.4) is 0 Å². The molecule has 1 fully saturated rings. The Hall–Kier alpha value is -1.02. The van der Waals surface area contributed by atoms with Crippen LogP contribution >= 0.6 is 0 Å². The molecule has 0 aromatic heterocycles. The van der Waals surface area contributed by atoms with Gasteiger partial charge in [0.2, 0.25) is 0 Å². The van der Waals surface area contributed by atoms with E-state index in [4.69, 9.17) is 0 Å². The van der Waals surface area contributed by atoms with Crippen LogP contribution in [0, 0.1) is 0 Å². The van der Waals surface area contributed by atoms with Crippen LogP contribution in [0.15, 0.2) is 30.3 Å². The fraction of sp³-hybridized carbons (Fsp3) is 0.571. The highest BCUT2D eigenvalue weighted by Crippen LogP contribution is 2.32. The zero-order valence-electron chi connectivity index (χ0n) is 10.7. The van der Waals surface area contributed by atoms with Gasteiger partial charge in [0.05, 0.1) is 0 Å². The minimum absolute atomic E-state index is 0.138. The van der Waals surface area contributed by atoms with Gasteiger partial charge < -0.3 is 10.6 Å². The van der Waals surface area contributed by atoms with Gasteiger partial charge in [0, 0.05) is 22.8 Å². The topological polar surface area (TPSA) is 24.1 Å². The minimum Gasteiger partial charge on any atom is -0.380 e. The van der Waals surface area contributed by atoms with E-state index in [1.54, 1.807) is 0 Å². The van der Waals surface area contributed by atoms with Crippen LogP contribution in [0.5, 0.6) is 0 Å². The van der Waals surface area contributed by atoms with Crippen molar-refractivity contribution in [2.75, 3.05) is 5.32 Å². The SMILES string of the molecule is CC1(C)CC(Nc2ccccc2)C(C)(C)N1. The maximum atomic E-state index is 3.68. The standard InChI is InChI=1S/C14H22N2/c1-13(2)10-12(14(3,4)16-13)15-11-8-6-5-7-9-11/h5-9,12,15-16H,10H2,1-4H3. The van der Waals surface area contributed by atoms with E-state index < -0.39 is 0 Å². The lowest BCUT2D eigenvalue weighted by Crippen LogP contribution is -2.48. The number of nitrogens with one attached hydrogen (secondary N) is 2. The Balaban J connectivity index is 2.11. The van der Waals surface area contributed by atoms with E-state index in [9.17, 15) is 0 Å². The second kappa shape index (κ2) is 3.77. The molecule has 2 rings (SSSR count). The quantitative estimate of drug-likeness (QED) is 0.797. The highest BCUT2D eigenvalue weighted by atomic mass is 15.2. The van der Waals surface area contributed by atoms with Crippen LogP contribution in [-0.2, 0) is 0 Å². The van der Waals surface area contributed by atoms with Gasteiger partial charge in [0.15, 0.2) is 0 Å². The number of hydrogen-bond acceptors (Lipinski definition) is 2. The van der Waals surface area contributed by atoms with Crippen LogP contribution < -0.4 is 10.6 Å². The summed E-state index contributed by atoms with van der Waals surface area (Å²) >= 11 is 0. The molecule has 1 saturated heterocycles. The predicted molar refractivity (Wildman–Crippen MR) is 69.8 cm³/mol. The lowest BCUT2D eigenvalue weighted by Gasteiger charge is -2.29. The predicted octanol–water partition coefficient (Wildman–Crippen LogP) is 3.02. The average molecular weight is 218 g/mol. The number of hydrogen-bond donors (Lipinski definition) is 2. The van der Waals surface area contributed by atoms with Crippen molar-refractivity contribution in [3.63, 3.8) is 0 Å². The van der Waals surface area contributed by atoms with Gasteiger partial charge in [-0.25, -0.2) is 0 Å². The van der Waals surface area contributed by atoms with Crippen LogP contribution in [0.1, 0.15) is 34.1 Å². The Morgan fingerprint density at radius 1 is 1.12 bits per heavy atom. The number of rotatable bonds is 2. The lowest BCUT2D eigenvalue weighted by molar-refractivity contribution is 0.363. The van der Waals surface area contributed by atoms with E-state index >= 15 is 0 Å². The third kappa shape index (κ3) is 2.38. The molecule has 1 unspecified atom stereocenters. The highest BCUT2D eigenvalue weighted by Gasteiger charge is 2.43. The summed E-state index contributed by atoms with van der Waals surface area (Å²) in [6.07, 6.45) is 1.15. The zero-order valence-corrected chi connectivity index (χ0v) is 10.7. The van der Waals surface area contributed by atoms with E-state index in [2.05, 4.69) is 62.6 Å². The summed E-state index contributed by atoms with van der Waals surface area (Å²) in [5.41, 5.74) is 1.56. The Morgan fingerprint density at radius 3 is 2.25 bits per heavy atom. The van der Waals surface area contributed by atoms with Crippen LogP contribution in [0.25, 0.3) is 0 Å². The van der Waals surface area contributed by atoms with Crippen molar-refractivity contribution in [1.29, 1.82) is 0 Å². The van der Waals surface area contributed by atoms with Crippen LogP contribution in [0.2, 0.25) is 0 Å². The van der Waals surface area contributed by atoms with E-state index in [1.165, 1.54) is 5.69 Å². The fourth-order valence-electron chi connectivity index (χ4n) is 2.74. The van der Waals surface area contributed by atoms with Gasteiger partial charge in [-0.2, -0.15) is 0 Å². The van der Waals surface area contributed by atoms with Crippen LogP contribution in [0.4, 0.5) is 5.69 Å². The Morgan fingerprint density at radius 2 is 1.75 bits per heavy atom. The molecule has 0 aliphatic carbocycles. The molecule has 2 nitrogen and oxygen atoms in total. The maximum absolute atomic E-state index is 3.68. The van der Waals surface area contributed by atoms with E-state index in [0.717, 1.165) is 6.42 Å². The van der Waals surface area contributed by atoms with Crippen molar-refractivity contribution in [2.24, 2.45) is 0 Å². The summed E-state index contributed by atoms with van der Waals surface area (Å²) in [6, 6.07) is 10.9. The van der Waals surface area contributed by atoms with Crippen molar-refractivity contribution >= 4 is 5.69 Å².